The van der Waals surface area contributed by atoms with E-state index in [1.54, 1.807) is 6.92 Å². The number of esters is 1. The predicted molar refractivity (Wildman–Crippen MR) is 88.8 cm³/mol. The molecule has 0 aliphatic heterocycles. The van der Waals surface area contributed by atoms with E-state index in [0.29, 0.717) is 12.2 Å². The van der Waals surface area contributed by atoms with E-state index in [9.17, 15) is 13.2 Å². The van der Waals surface area contributed by atoms with Crippen molar-refractivity contribution in [1.29, 1.82) is 0 Å². The van der Waals surface area contributed by atoms with Crippen LogP contribution in [0.25, 0.3) is 0 Å². The molecule has 1 aromatic carbocycles. The molecular weight excluding hydrogens is 314 g/mol. The molecule has 128 valence electrons. The number of sulfonamides is 1. The van der Waals surface area contributed by atoms with Crippen molar-refractivity contribution in [2.75, 3.05) is 6.61 Å². The minimum atomic E-state index is -3.54. The maximum absolute atomic E-state index is 12.5. The zero-order valence-electron chi connectivity index (χ0n) is 13.6. The SMILES string of the molecule is CCOC(=O)c1ccc(S(=O)(=O)NC2CCCCCCC2)cc1. The Bertz CT molecular complexity index is 602. The Morgan fingerprint density at radius 1 is 1.09 bits per heavy atom. The monoisotopic (exact) mass is 339 g/mol. The Kier molecular flexibility index (Phi) is 6.59. The predicted octanol–water partition coefficient (Wildman–Crippen LogP) is 3.25. The first-order valence-electron chi connectivity index (χ1n) is 8.32. The van der Waals surface area contributed by atoms with Gasteiger partial charge in [0, 0.05) is 6.04 Å². The number of hydrogen-bond acceptors (Lipinski definition) is 4. The van der Waals surface area contributed by atoms with E-state index in [1.807, 2.05) is 0 Å². The molecular formula is C17H25NO4S. The number of benzene rings is 1. The minimum Gasteiger partial charge on any atom is -0.462 e. The van der Waals surface area contributed by atoms with Crippen LogP contribution in [0.3, 0.4) is 0 Å². The minimum absolute atomic E-state index is 0.00466. The van der Waals surface area contributed by atoms with Crippen LogP contribution in [-0.2, 0) is 14.8 Å². The van der Waals surface area contributed by atoms with Crippen LogP contribution in [0.5, 0.6) is 0 Å². The van der Waals surface area contributed by atoms with E-state index >= 15 is 0 Å². The summed E-state index contributed by atoms with van der Waals surface area (Å²) in [6, 6.07) is 5.90. The van der Waals surface area contributed by atoms with Gasteiger partial charge in [-0.25, -0.2) is 17.9 Å². The van der Waals surface area contributed by atoms with E-state index in [2.05, 4.69) is 4.72 Å². The molecule has 0 aromatic heterocycles. The number of ether oxygens (including phenoxy) is 1. The molecule has 0 atom stereocenters. The average Bonchev–Trinajstić information content (AvgIpc) is 2.50. The van der Waals surface area contributed by atoms with Crippen molar-refractivity contribution in [3.8, 4) is 0 Å². The van der Waals surface area contributed by atoms with Crippen molar-refractivity contribution in [2.45, 2.75) is 62.8 Å². The zero-order valence-corrected chi connectivity index (χ0v) is 14.4. The van der Waals surface area contributed by atoms with Gasteiger partial charge < -0.3 is 4.74 Å². The Balaban J connectivity index is 2.04. The third-order valence-electron chi connectivity index (χ3n) is 4.10. The summed E-state index contributed by atoms with van der Waals surface area (Å²) in [7, 11) is -3.54. The highest BCUT2D eigenvalue weighted by Gasteiger charge is 2.21. The first kappa shape index (κ1) is 17.9. The lowest BCUT2D eigenvalue weighted by Gasteiger charge is -2.21. The van der Waals surface area contributed by atoms with E-state index in [1.165, 1.54) is 43.5 Å². The fourth-order valence-electron chi connectivity index (χ4n) is 2.85. The van der Waals surface area contributed by atoms with E-state index < -0.39 is 16.0 Å². The molecule has 0 spiro atoms. The fraction of sp³-hybridized carbons (Fsp3) is 0.588. The molecule has 0 radical (unpaired) electrons. The average molecular weight is 339 g/mol. The quantitative estimate of drug-likeness (QED) is 0.836. The molecule has 5 nitrogen and oxygen atoms in total. The largest absolute Gasteiger partial charge is 0.462 e. The summed E-state index contributed by atoms with van der Waals surface area (Å²) in [6.45, 7) is 2.03. The summed E-state index contributed by atoms with van der Waals surface area (Å²) in [6.07, 6.45) is 7.50. The summed E-state index contributed by atoms with van der Waals surface area (Å²) in [4.78, 5) is 11.8. The van der Waals surface area contributed by atoms with Gasteiger partial charge in [-0.3, -0.25) is 0 Å². The second-order valence-electron chi connectivity index (χ2n) is 5.91. The molecule has 1 fully saturated rings. The van der Waals surface area contributed by atoms with Gasteiger partial charge in [-0.05, 0) is 44.0 Å². The lowest BCUT2D eigenvalue weighted by atomic mass is 9.97. The zero-order chi connectivity index (χ0) is 16.7. The van der Waals surface area contributed by atoms with Gasteiger partial charge in [0.15, 0.2) is 0 Å². The topological polar surface area (TPSA) is 72.5 Å². The Labute approximate surface area is 138 Å². The van der Waals surface area contributed by atoms with Gasteiger partial charge in [-0.1, -0.05) is 32.1 Å². The van der Waals surface area contributed by atoms with E-state index in [4.69, 9.17) is 4.74 Å². The smallest absolute Gasteiger partial charge is 0.338 e. The van der Waals surface area contributed by atoms with Crippen molar-refractivity contribution >= 4 is 16.0 Å². The second-order valence-corrected chi connectivity index (χ2v) is 7.62. The Morgan fingerprint density at radius 2 is 1.65 bits per heavy atom. The van der Waals surface area contributed by atoms with Crippen LogP contribution in [0, 0.1) is 0 Å². The first-order chi connectivity index (χ1) is 11.0. The van der Waals surface area contributed by atoms with Crippen LogP contribution >= 0.6 is 0 Å². The standard InChI is InChI=1S/C17H25NO4S/c1-2-22-17(19)14-10-12-16(13-11-14)23(20,21)18-15-8-6-4-3-5-7-9-15/h10-13,15,18H,2-9H2,1H3. The third kappa shape index (κ3) is 5.32. The van der Waals surface area contributed by atoms with Gasteiger partial charge in [-0.2, -0.15) is 0 Å². The normalized spacial score (nSPS) is 17.3. The van der Waals surface area contributed by atoms with Crippen LogP contribution in [0.2, 0.25) is 0 Å². The summed E-state index contributed by atoms with van der Waals surface area (Å²) >= 11 is 0. The van der Waals surface area contributed by atoms with Gasteiger partial charge in [0.25, 0.3) is 0 Å². The Morgan fingerprint density at radius 3 is 2.22 bits per heavy atom. The van der Waals surface area contributed by atoms with Crippen LogP contribution in [-0.4, -0.2) is 27.0 Å². The van der Waals surface area contributed by atoms with Gasteiger partial charge in [-0.15, -0.1) is 0 Å². The maximum atomic E-state index is 12.5. The van der Waals surface area contributed by atoms with Crippen molar-refractivity contribution in [2.24, 2.45) is 0 Å². The van der Waals surface area contributed by atoms with Gasteiger partial charge in [0.1, 0.15) is 0 Å². The number of carbonyl (C=O) groups is 1. The molecule has 1 saturated carbocycles. The highest BCUT2D eigenvalue weighted by Crippen LogP contribution is 2.19. The van der Waals surface area contributed by atoms with Gasteiger partial charge in [0.2, 0.25) is 10.0 Å². The van der Waals surface area contributed by atoms with Crippen molar-refractivity contribution in [1.82, 2.24) is 4.72 Å². The van der Waals surface area contributed by atoms with E-state index in [-0.39, 0.29) is 10.9 Å². The molecule has 23 heavy (non-hydrogen) atoms. The molecule has 0 saturated heterocycles. The molecule has 0 bridgehead atoms. The lowest BCUT2D eigenvalue weighted by Crippen LogP contribution is -2.35. The molecule has 2 rings (SSSR count). The molecule has 1 aromatic rings. The summed E-state index contributed by atoms with van der Waals surface area (Å²) in [5.41, 5.74) is 0.358. The van der Waals surface area contributed by atoms with Crippen molar-refractivity contribution in [3.63, 3.8) is 0 Å². The maximum Gasteiger partial charge on any atom is 0.338 e. The number of carbonyl (C=O) groups excluding carboxylic acids is 1. The van der Waals surface area contributed by atoms with E-state index in [0.717, 1.165) is 25.7 Å². The van der Waals surface area contributed by atoms with Gasteiger partial charge in [0.05, 0.1) is 17.1 Å². The highest BCUT2D eigenvalue weighted by molar-refractivity contribution is 7.89. The summed E-state index contributed by atoms with van der Waals surface area (Å²) < 4.78 is 32.7. The van der Waals surface area contributed by atoms with Crippen molar-refractivity contribution < 1.29 is 17.9 Å². The third-order valence-corrected chi connectivity index (χ3v) is 5.64. The molecule has 0 amide bonds. The molecule has 1 aliphatic rings. The number of rotatable bonds is 5. The second kappa shape index (κ2) is 8.45. The van der Waals surface area contributed by atoms with Crippen LogP contribution in [0.15, 0.2) is 29.2 Å². The molecule has 6 heteroatoms. The molecule has 1 aliphatic carbocycles. The summed E-state index contributed by atoms with van der Waals surface area (Å²) in [5, 5.41) is 0. The molecule has 0 heterocycles. The highest BCUT2D eigenvalue weighted by atomic mass is 32.2. The van der Waals surface area contributed by atoms with Crippen LogP contribution < -0.4 is 4.72 Å². The number of hydrogen-bond donors (Lipinski definition) is 1. The summed E-state index contributed by atoms with van der Waals surface area (Å²) in [5.74, 6) is -0.440. The van der Waals surface area contributed by atoms with Crippen molar-refractivity contribution in [3.05, 3.63) is 29.8 Å². The van der Waals surface area contributed by atoms with Gasteiger partial charge >= 0.3 is 5.97 Å². The van der Waals surface area contributed by atoms with Crippen LogP contribution in [0.4, 0.5) is 0 Å². The lowest BCUT2D eigenvalue weighted by molar-refractivity contribution is 0.0526. The first-order valence-corrected chi connectivity index (χ1v) is 9.81. The molecule has 1 N–H and O–H groups in total. The molecule has 0 unspecified atom stereocenters. The van der Waals surface area contributed by atoms with Crippen LogP contribution in [0.1, 0.15) is 62.2 Å². The fourth-order valence-corrected chi connectivity index (χ4v) is 4.15. The Hall–Kier alpha value is -1.40. The number of nitrogens with one attached hydrogen (secondary N) is 1.